The van der Waals surface area contributed by atoms with E-state index < -0.39 is 32.2 Å². The van der Waals surface area contributed by atoms with Crippen LogP contribution in [0.3, 0.4) is 0 Å². The third kappa shape index (κ3) is 3.95. The summed E-state index contributed by atoms with van der Waals surface area (Å²) in [4.78, 5) is -0.636. The Balaban J connectivity index is 2.93. The van der Waals surface area contributed by atoms with Crippen LogP contribution in [0.1, 0.15) is 26.7 Å². The van der Waals surface area contributed by atoms with Crippen molar-refractivity contribution in [2.45, 2.75) is 37.2 Å². The average Bonchev–Trinajstić information content (AvgIpc) is 2.35. The SMILES string of the molecule is CCC(O)(CC)CNS(=O)(=O)c1ccc(F)cc1F. The topological polar surface area (TPSA) is 66.4 Å². The molecular formula is C12H17F2NO3S. The van der Waals surface area contributed by atoms with E-state index in [1.54, 1.807) is 13.8 Å². The molecule has 0 aromatic heterocycles. The van der Waals surface area contributed by atoms with Crippen LogP contribution in [-0.2, 0) is 10.0 Å². The first kappa shape index (κ1) is 16.0. The van der Waals surface area contributed by atoms with E-state index in [-0.39, 0.29) is 6.54 Å². The third-order valence-electron chi connectivity index (χ3n) is 3.09. The van der Waals surface area contributed by atoms with Gasteiger partial charge in [0.25, 0.3) is 0 Å². The van der Waals surface area contributed by atoms with Gasteiger partial charge in [-0.3, -0.25) is 0 Å². The fourth-order valence-electron chi connectivity index (χ4n) is 1.50. The van der Waals surface area contributed by atoms with E-state index in [1.165, 1.54) is 0 Å². The molecule has 0 spiro atoms. The molecule has 0 aliphatic heterocycles. The smallest absolute Gasteiger partial charge is 0.243 e. The van der Waals surface area contributed by atoms with Crippen molar-refractivity contribution < 1.29 is 22.3 Å². The molecule has 19 heavy (non-hydrogen) atoms. The zero-order valence-corrected chi connectivity index (χ0v) is 11.6. The maximum atomic E-state index is 13.4. The van der Waals surface area contributed by atoms with Gasteiger partial charge in [-0.1, -0.05) is 13.8 Å². The first-order valence-corrected chi connectivity index (χ1v) is 7.39. The van der Waals surface area contributed by atoms with Gasteiger partial charge in [0.2, 0.25) is 10.0 Å². The van der Waals surface area contributed by atoms with Gasteiger partial charge in [0.15, 0.2) is 0 Å². The lowest BCUT2D eigenvalue weighted by Crippen LogP contribution is -2.42. The minimum atomic E-state index is -4.11. The second-order valence-electron chi connectivity index (χ2n) is 4.33. The first-order valence-electron chi connectivity index (χ1n) is 5.91. The highest BCUT2D eigenvalue weighted by molar-refractivity contribution is 7.89. The Bertz CT molecular complexity index is 542. The Morgan fingerprint density at radius 2 is 1.84 bits per heavy atom. The summed E-state index contributed by atoms with van der Waals surface area (Å²) in [7, 11) is -4.11. The summed E-state index contributed by atoms with van der Waals surface area (Å²) in [5.74, 6) is -2.01. The second-order valence-corrected chi connectivity index (χ2v) is 6.07. The van der Waals surface area contributed by atoms with Crippen LogP contribution >= 0.6 is 0 Å². The maximum absolute atomic E-state index is 13.4. The number of halogens is 2. The van der Waals surface area contributed by atoms with E-state index in [0.717, 1.165) is 12.1 Å². The number of hydrogen-bond acceptors (Lipinski definition) is 3. The molecular weight excluding hydrogens is 276 g/mol. The van der Waals surface area contributed by atoms with Gasteiger partial charge in [0.05, 0.1) is 5.60 Å². The van der Waals surface area contributed by atoms with Crippen molar-refractivity contribution in [3.05, 3.63) is 29.8 Å². The predicted octanol–water partition coefficient (Wildman–Crippen LogP) is 1.79. The van der Waals surface area contributed by atoms with Gasteiger partial charge in [-0.15, -0.1) is 0 Å². The minimum absolute atomic E-state index is 0.223. The van der Waals surface area contributed by atoms with E-state index in [2.05, 4.69) is 4.72 Å². The molecule has 4 nitrogen and oxygen atoms in total. The molecule has 0 atom stereocenters. The van der Waals surface area contributed by atoms with Gasteiger partial charge in [-0.05, 0) is 25.0 Å². The average molecular weight is 293 g/mol. The van der Waals surface area contributed by atoms with Crippen LogP contribution in [0.4, 0.5) is 8.78 Å². The number of aliphatic hydroxyl groups is 1. The largest absolute Gasteiger partial charge is 0.389 e. The van der Waals surface area contributed by atoms with E-state index in [4.69, 9.17) is 0 Å². The quantitative estimate of drug-likeness (QED) is 0.840. The second kappa shape index (κ2) is 5.94. The molecule has 1 rings (SSSR count). The minimum Gasteiger partial charge on any atom is -0.389 e. The summed E-state index contributed by atoms with van der Waals surface area (Å²) in [6, 6.07) is 2.22. The Labute approximate surface area is 111 Å². The zero-order valence-electron chi connectivity index (χ0n) is 10.8. The van der Waals surface area contributed by atoms with Crippen LogP contribution in [-0.4, -0.2) is 25.7 Å². The summed E-state index contributed by atoms with van der Waals surface area (Å²) in [5.41, 5.74) is -1.18. The lowest BCUT2D eigenvalue weighted by atomic mass is 9.98. The molecule has 0 saturated heterocycles. The Hall–Kier alpha value is -1.05. The normalized spacial score (nSPS) is 12.7. The fourth-order valence-corrected chi connectivity index (χ4v) is 2.68. The molecule has 0 bridgehead atoms. The lowest BCUT2D eigenvalue weighted by molar-refractivity contribution is 0.0377. The van der Waals surface area contributed by atoms with Gasteiger partial charge in [0, 0.05) is 12.6 Å². The van der Waals surface area contributed by atoms with E-state index in [9.17, 15) is 22.3 Å². The van der Waals surface area contributed by atoms with Crippen LogP contribution in [0, 0.1) is 11.6 Å². The fraction of sp³-hybridized carbons (Fsp3) is 0.500. The monoisotopic (exact) mass is 293 g/mol. The number of sulfonamides is 1. The molecule has 108 valence electrons. The Morgan fingerprint density at radius 3 is 2.32 bits per heavy atom. The Kier molecular flexibility index (Phi) is 5.00. The van der Waals surface area contributed by atoms with Gasteiger partial charge in [-0.2, -0.15) is 0 Å². The lowest BCUT2D eigenvalue weighted by Gasteiger charge is -2.25. The van der Waals surface area contributed by atoms with E-state index in [1.807, 2.05) is 0 Å². The molecule has 1 aromatic carbocycles. The molecule has 0 aliphatic carbocycles. The van der Waals surface area contributed by atoms with Crippen LogP contribution in [0.25, 0.3) is 0 Å². The van der Waals surface area contributed by atoms with Gasteiger partial charge in [-0.25, -0.2) is 21.9 Å². The predicted molar refractivity (Wildman–Crippen MR) is 67.1 cm³/mol. The maximum Gasteiger partial charge on any atom is 0.243 e. The molecule has 2 N–H and O–H groups in total. The summed E-state index contributed by atoms with van der Waals surface area (Å²) < 4.78 is 52.0. The summed E-state index contributed by atoms with van der Waals surface area (Å²) in [6.07, 6.45) is 0.718. The standard InChI is InChI=1S/C12H17F2NO3S/c1-3-12(16,4-2)8-15-19(17,18)11-6-5-9(13)7-10(11)14/h5-7,15-16H,3-4,8H2,1-2H3. The van der Waals surface area contributed by atoms with E-state index in [0.29, 0.717) is 18.9 Å². The number of hydrogen-bond donors (Lipinski definition) is 2. The van der Waals surface area contributed by atoms with E-state index >= 15 is 0 Å². The molecule has 0 saturated carbocycles. The van der Waals surface area contributed by atoms with Crippen molar-refractivity contribution >= 4 is 10.0 Å². The van der Waals surface area contributed by atoms with Gasteiger partial charge < -0.3 is 5.11 Å². The number of nitrogens with one attached hydrogen (secondary N) is 1. The van der Waals surface area contributed by atoms with Crippen molar-refractivity contribution in [3.63, 3.8) is 0 Å². The zero-order chi connectivity index (χ0) is 14.7. The van der Waals surface area contributed by atoms with Crippen molar-refractivity contribution in [3.8, 4) is 0 Å². The molecule has 0 heterocycles. The van der Waals surface area contributed by atoms with Crippen LogP contribution in [0.2, 0.25) is 0 Å². The van der Waals surface area contributed by atoms with Gasteiger partial charge in [0.1, 0.15) is 16.5 Å². The first-order chi connectivity index (χ1) is 8.74. The van der Waals surface area contributed by atoms with Crippen molar-refractivity contribution in [2.75, 3.05) is 6.54 Å². The highest BCUT2D eigenvalue weighted by Gasteiger charge is 2.27. The summed E-state index contributed by atoms with van der Waals surface area (Å²) in [6.45, 7) is 3.21. The molecule has 0 amide bonds. The summed E-state index contributed by atoms with van der Waals surface area (Å²) in [5, 5.41) is 9.97. The third-order valence-corrected chi connectivity index (χ3v) is 4.53. The van der Waals surface area contributed by atoms with Crippen molar-refractivity contribution in [2.24, 2.45) is 0 Å². The van der Waals surface area contributed by atoms with Crippen LogP contribution < -0.4 is 4.72 Å². The van der Waals surface area contributed by atoms with Crippen molar-refractivity contribution in [1.29, 1.82) is 0 Å². The van der Waals surface area contributed by atoms with Crippen molar-refractivity contribution in [1.82, 2.24) is 4.72 Å². The molecule has 7 heteroatoms. The number of rotatable bonds is 6. The molecule has 0 aliphatic rings. The molecule has 0 unspecified atom stereocenters. The highest BCUT2D eigenvalue weighted by Crippen LogP contribution is 2.18. The Morgan fingerprint density at radius 1 is 1.26 bits per heavy atom. The molecule has 0 radical (unpaired) electrons. The highest BCUT2D eigenvalue weighted by atomic mass is 32.2. The van der Waals surface area contributed by atoms with Gasteiger partial charge >= 0.3 is 0 Å². The number of benzene rings is 1. The summed E-state index contributed by atoms with van der Waals surface area (Å²) >= 11 is 0. The molecule has 1 aromatic rings. The van der Waals surface area contributed by atoms with Crippen LogP contribution in [0.5, 0.6) is 0 Å². The molecule has 0 fully saturated rings. The van der Waals surface area contributed by atoms with Crippen LogP contribution in [0.15, 0.2) is 23.1 Å².